The molecule has 0 fully saturated rings. The Labute approximate surface area is 157 Å². The molecule has 0 radical (unpaired) electrons. The number of aromatic nitrogens is 2. The van der Waals surface area contributed by atoms with E-state index in [9.17, 15) is 9.59 Å². The molecule has 0 aliphatic rings. The monoisotopic (exact) mass is 360 g/mol. The zero-order chi connectivity index (χ0) is 19.1. The topological polar surface area (TPSA) is 84.0 Å². The Morgan fingerprint density at radius 1 is 0.926 bits per heavy atom. The number of carbonyl (C=O) groups is 2. The maximum Gasteiger partial charge on any atom is 0.270 e. The van der Waals surface area contributed by atoms with E-state index in [1.807, 2.05) is 42.5 Å². The van der Waals surface area contributed by atoms with Crippen molar-refractivity contribution in [1.29, 1.82) is 0 Å². The number of hydrogen-bond acceptors (Lipinski definition) is 4. The highest BCUT2D eigenvalue weighted by molar-refractivity contribution is 5.98. The van der Waals surface area contributed by atoms with Crippen LogP contribution in [-0.4, -0.2) is 21.8 Å². The molecule has 0 spiro atoms. The minimum atomic E-state index is -0.248. The summed E-state index contributed by atoms with van der Waals surface area (Å²) < 4.78 is 0. The summed E-state index contributed by atoms with van der Waals surface area (Å²) in [6.07, 6.45) is 5.00. The van der Waals surface area contributed by atoms with Crippen LogP contribution in [0, 0.1) is 0 Å². The molecule has 136 valence electrons. The Morgan fingerprint density at radius 2 is 1.70 bits per heavy atom. The summed E-state index contributed by atoms with van der Waals surface area (Å²) >= 11 is 0. The van der Waals surface area contributed by atoms with Gasteiger partial charge in [0.05, 0.1) is 0 Å². The summed E-state index contributed by atoms with van der Waals surface area (Å²) in [7, 11) is 0. The fourth-order valence-electron chi connectivity index (χ4n) is 2.66. The number of rotatable bonds is 6. The number of nitrogens with one attached hydrogen (secondary N) is 2. The molecule has 2 heterocycles. The van der Waals surface area contributed by atoms with Crippen LogP contribution in [0.15, 0.2) is 67.1 Å². The van der Waals surface area contributed by atoms with Crippen molar-refractivity contribution >= 4 is 11.8 Å². The lowest BCUT2D eigenvalue weighted by molar-refractivity contribution is -0.119. The van der Waals surface area contributed by atoms with Crippen molar-refractivity contribution in [3.05, 3.63) is 83.9 Å². The van der Waals surface area contributed by atoms with Gasteiger partial charge in [-0.3, -0.25) is 19.6 Å². The lowest BCUT2D eigenvalue weighted by Gasteiger charge is -2.11. The van der Waals surface area contributed by atoms with Crippen LogP contribution in [0.4, 0.5) is 0 Å². The van der Waals surface area contributed by atoms with Gasteiger partial charge in [0.25, 0.3) is 5.91 Å². The van der Waals surface area contributed by atoms with Gasteiger partial charge in [0.1, 0.15) is 5.69 Å². The summed E-state index contributed by atoms with van der Waals surface area (Å²) in [5.74, 6) is -0.334. The zero-order valence-corrected chi connectivity index (χ0v) is 15.0. The highest BCUT2D eigenvalue weighted by atomic mass is 16.2. The third kappa shape index (κ3) is 4.98. The highest BCUT2D eigenvalue weighted by Crippen LogP contribution is 2.23. The van der Waals surface area contributed by atoms with Gasteiger partial charge in [0.2, 0.25) is 5.91 Å². The number of nitrogens with zero attached hydrogens (tertiary/aromatic N) is 2. The fraction of sp³-hybridized carbons (Fsp3) is 0.143. The molecule has 2 N–H and O–H groups in total. The first kappa shape index (κ1) is 18.3. The molecule has 3 aromatic rings. The molecular weight excluding hydrogens is 340 g/mol. The first-order chi connectivity index (χ1) is 13.1. The molecule has 0 unspecified atom stereocenters. The molecule has 6 heteroatoms. The van der Waals surface area contributed by atoms with E-state index in [2.05, 4.69) is 20.6 Å². The predicted molar refractivity (Wildman–Crippen MR) is 103 cm³/mol. The molecule has 0 saturated carbocycles. The van der Waals surface area contributed by atoms with Gasteiger partial charge in [0, 0.05) is 44.2 Å². The van der Waals surface area contributed by atoms with E-state index < -0.39 is 0 Å². The van der Waals surface area contributed by atoms with E-state index >= 15 is 0 Å². The van der Waals surface area contributed by atoms with Gasteiger partial charge >= 0.3 is 0 Å². The number of amides is 2. The Hall–Kier alpha value is -3.54. The minimum absolute atomic E-state index is 0.0859. The lowest BCUT2D eigenvalue weighted by atomic mass is 10.0. The molecule has 0 bridgehead atoms. The van der Waals surface area contributed by atoms with Crippen LogP contribution < -0.4 is 10.6 Å². The van der Waals surface area contributed by atoms with E-state index in [0.29, 0.717) is 18.8 Å². The maximum atomic E-state index is 12.7. The largest absolute Gasteiger partial charge is 0.352 e. The van der Waals surface area contributed by atoms with Crippen molar-refractivity contribution in [1.82, 2.24) is 20.6 Å². The van der Waals surface area contributed by atoms with E-state index in [1.165, 1.54) is 6.92 Å². The zero-order valence-electron chi connectivity index (χ0n) is 15.0. The summed E-state index contributed by atoms with van der Waals surface area (Å²) in [6, 6.07) is 15.1. The van der Waals surface area contributed by atoms with E-state index in [0.717, 1.165) is 22.3 Å². The molecule has 27 heavy (non-hydrogen) atoms. The van der Waals surface area contributed by atoms with Crippen LogP contribution in [0.2, 0.25) is 0 Å². The number of hydrogen-bond donors (Lipinski definition) is 2. The molecular formula is C21H20N4O2. The van der Waals surface area contributed by atoms with Gasteiger partial charge in [-0.2, -0.15) is 0 Å². The SMILES string of the molecule is CC(=O)NCc1cccc(-c2cccnc2C(=O)NCc2cccnc2)c1. The van der Waals surface area contributed by atoms with E-state index in [-0.39, 0.29) is 11.8 Å². The highest BCUT2D eigenvalue weighted by Gasteiger charge is 2.14. The summed E-state index contributed by atoms with van der Waals surface area (Å²) in [5, 5.41) is 5.66. The second kappa shape index (κ2) is 8.71. The number of benzene rings is 1. The van der Waals surface area contributed by atoms with Gasteiger partial charge in [-0.25, -0.2) is 0 Å². The second-order valence-corrected chi connectivity index (χ2v) is 6.05. The standard InChI is InChI=1S/C21H20N4O2/c1-15(26)24-13-16-5-2-7-18(11-16)19-8-4-10-23-20(19)21(27)25-14-17-6-3-9-22-12-17/h2-12H,13-14H2,1H3,(H,24,26)(H,25,27). The first-order valence-corrected chi connectivity index (χ1v) is 8.59. The Bertz CT molecular complexity index is 942. The third-order valence-electron chi connectivity index (χ3n) is 3.98. The van der Waals surface area contributed by atoms with Crippen LogP contribution in [0.25, 0.3) is 11.1 Å². The molecule has 0 saturated heterocycles. The Balaban J connectivity index is 1.80. The Kier molecular flexibility index (Phi) is 5.89. The van der Waals surface area contributed by atoms with Gasteiger partial charge in [-0.1, -0.05) is 30.3 Å². The molecule has 2 aromatic heterocycles. The average molecular weight is 360 g/mol. The average Bonchev–Trinajstić information content (AvgIpc) is 2.71. The normalized spacial score (nSPS) is 10.3. The predicted octanol–water partition coefficient (Wildman–Crippen LogP) is 2.71. The van der Waals surface area contributed by atoms with Gasteiger partial charge in [-0.05, 0) is 34.9 Å². The number of pyridine rings is 2. The molecule has 0 aliphatic carbocycles. The van der Waals surface area contributed by atoms with Crippen molar-refractivity contribution < 1.29 is 9.59 Å². The van der Waals surface area contributed by atoms with Crippen molar-refractivity contribution in [3.63, 3.8) is 0 Å². The molecule has 6 nitrogen and oxygen atoms in total. The summed E-state index contributed by atoms with van der Waals surface area (Å²) in [4.78, 5) is 32.1. The molecule has 1 aromatic carbocycles. The van der Waals surface area contributed by atoms with E-state index in [1.54, 1.807) is 24.7 Å². The van der Waals surface area contributed by atoms with Crippen LogP contribution in [0.1, 0.15) is 28.5 Å². The second-order valence-electron chi connectivity index (χ2n) is 6.05. The van der Waals surface area contributed by atoms with E-state index in [4.69, 9.17) is 0 Å². The minimum Gasteiger partial charge on any atom is -0.352 e. The van der Waals surface area contributed by atoms with Crippen LogP contribution >= 0.6 is 0 Å². The molecule has 0 aliphatic heterocycles. The van der Waals surface area contributed by atoms with Crippen molar-refractivity contribution in [3.8, 4) is 11.1 Å². The van der Waals surface area contributed by atoms with Crippen LogP contribution in [0.3, 0.4) is 0 Å². The summed E-state index contributed by atoms with van der Waals surface area (Å²) in [5.41, 5.74) is 3.84. The van der Waals surface area contributed by atoms with Crippen molar-refractivity contribution in [2.75, 3.05) is 0 Å². The molecule has 3 rings (SSSR count). The number of carbonyl (C=O) groups excluding carboxylic acids is 2. The summed E-state index contributed by atoms with van der Waals surface area (Å²) in [6.45, 7) is 2.30. The molecule has 2 amide bonds. The quantitative estimate of drug-likeness (QED) is 0.708. The van der Waals surface area contributed by atoms with Gasteiger partial charge in [0.15, 0.2) is 0 Å². The van der Waals surface area contributed by atoms with Gasteiger partial charge in [-0.15, -0.1) is 0 Å². The van der Waals surface area contributed by atoms with Crippen molar-refractivity contribution in [2.24, 2.45) is 0 Å². The fourth-order valence-corrected chi connectivity index (χ4v) is 2.66. The van der Waals surface area contributed by atoms with Crippen LogP contribution in [0.5, 0.6) is 0 Å². The van der Waals surface area contributed by atoms with Crippen molar-refractivity contribution in [2.45, 2.75) is 20.0 Å². The first-order valence-electron chi connectivity index (χ1n) is 8.59. The third-order valence-corrected chi connectivity index (χ3v) is 3.98. The maximum absolute atomic E-state index is 12.7. The Morgan fingerprint density at radius 3 is 2.48 bits per heavy atom. The van der Waals surface area contributed by atoms with Gasteiger partial charge < -0.3 is 10.6 Å². The van der Waals surface area contributed by atoms with Crippen LogP contribution in [-0.2, 0) is 17.9 Å². The molecule has 0 atom stereocenters. The smallest absolute Gasteiger partial charge is 0.270 e. The lowest BCUT2D eigenvalue weighted by Crippen LogP contribution is -2.24.